The number of carbonyl (C=O) groups excluding carboxylic acids is 3. The van der Waals surface area contributed by atoms with Gasteiger partial charge < -0.3 is 20.3 Å². The second-order valence-corrected chi connectivity index (χ2v) is 8.36. The Morgan fingerprint density at radius 1 is 0.730 bits per heavy atom. The summed E-state index contributed by atoms with van der Waals surface area (Å²) in [6.07, 6.45) is 1.32. The van der Waals surface area contributed by atoms with Crippen LogP contribution in [-0.2, 0) is 4.74 Å². The highest BCUT2D eigenvalue weighted by molar-refractivity contribution is 6.10. The maximum absolute atomic E-state index is 12.9. The molecule has 2 amide bonds. The molecular weight excluding hydrogens is 472 g/mol. The molecule has 1 aliphatic heterocycles. The molecule has 5 rings (SSSR count). The first-order valence-electron chi connectivity index (χ1n) is 11.7. The Hall–Kier alpha value is -4.83. The molecule has 3 aromatic carbocycles. The number of hydrogen-bond acceptors (Lipinski definition) is 7. The van der Waals surface area contributed by atoms with Crippen molar-refractivity contribution in [2.45, 2.75) is 0 Å². The van der Waals surface area contributed by atoms with Crippen LogP contribution in [0.3, 0.4) is 0 Å². The van der Waals surface area contributed by atoms with Gasteiger partial charge in [-0.05, 0) is 72.8 Å². The van der Waals surface area contributed by atoms with Crippen molar-refractivity contribution >= 4 is 34.7 Å². The topological polar surface area (TPSA) is 129 Å². The summed E-state index contributed by atoms with van der Waals surface area (Å²) < 4.78 is 5.38. The number of hydrogen-bond donors (Lipinski definition) is 3. The standard InChI is InChI=1S/C27H24N6O4/c34-24(19-3-9-22(10-4-19)31-27(36)25-28-17-29-32-25)18-1-7-21(8-2-18)30-26(35)20-5-11-23(12-6-20)33-13-15-37-16-14-33/h1-12,17H,13-16H2,(H,30,35)(H,31,36)(H,28,29,32). The summed E-state index contributed by atoms with van der Waals surface area (Å²) in [4.78, 5) is 43.6. The number of ether oxygens (including phenoxy) is 1. The Morgan fingerprint density at radius 3 is 1.81 bits per heavy atom. The largest absolute Gasteiger partial charge is 0.378 e. The number of rotatable bonds is 7. The van der Waals surface area contributed by atoms with Gasteiger partial charge in [-0.1, -0.05) is 0 Å². The summed E-state index contributed by atoms with van der Waals surface area (Å²) in [6, 6.07) is 20.7. The minimum atomic E-state index is -0.453. The molecule has 1 fully saturated rings. The summed E-state index contributed by atoms with van der Waals surface area (Å²) in [6.45, 7) is 3.07. The van der Waals surface area contributed by atoms with Gasteiger partial charge in [-0.3, -0.25) is 19.5 Å². The van der Waals surface area contributed by atoms with Gasteiger partial charge in [0.1, 0.15) is 6.33 Å². The Bertz CT molecular complexity index is 1380. The SMILES string of the molecule is O=C(Nc1ccc(C(=O)c2ccc(NC(=O)c3nc[nH]n3)cc2)cc1)c1ccc(N2CCOCC2)cc1. The summed E-state index contributed by atoms with van der Waals surface area (Å²) in [5, 5.41) is 11.7. The number of aromatic amines is 1. The number of benzene rings is 3. The number of nitrogens with zero attached hydrogens (tertiary/aromatic N) is 3. The van der Waals surface area contributed by atoms with Crippen LogP contribution in [0, 0.1) is 0 Å². The number of anilines is 3. The molecule has 1 aliphatic rings. The van der Waals surface area contributed by atoms with Crippen molar-refractivity contribution in [3.8, 4) is 0 Å². The predicted octanol–water partition coefficient (Wildman–Crippen LogP) is 3.38. The molecule has 186 valence electrons. The Labute approximate surface area is 212 Å². The van der Waals surface area contributed by atoms with Gasteiger partial charge in [0.15, 0.2) is 5.78 Å². The third kappa shape index (κ3) is 5.71. The molecule has 0 unspecified atom stereocenters. The van der Waals surface area contributed by atoms with Crippen LogP contribution >= 0.6 is 0 Å². The van der Waals surface area contributed by atoms with Gasteiger partial charge in [-0.15, -0.1) is 5.10 Å². The van der Waals surface area contributed by atoms with Crippen LogP contribution in [0.1, 0.15) is 36.9 Å². The van der Waals surface area contributed by atoms with Gasteiger partial charge in [0.05, 0.1) is 13.2 Å². The van der Waals surface area contributed by atoms with Crippen LogP contribution in [0.25, 0.3) is 0 Å². The zero-order valence-electron chi connectivity index (χ0n) is 19.8. The Morgan fingerprint density at radius 2 is 1.27 bits per heavy atom. The lowest BCUT2D eigenvalue weighted by atomic mass is 10.0. The molecule has 1 aromatic heterocycles. The number of morpholine rings is 1. The molecule has 0 spiro atoms. The molecule has 0 bridgehead atoms. The number of ketones is 1. The Kier molecular flexibility index (Phi) is 7.00. The third-order valence-electron chi connectivity index (χ3n) is 5.93. The second-order valence-electron chi connectivity index (χ2n) is 8.36. The number of H-pyrrole nitrogens is 1. The number of aromatic nitrogens is 3. The summed E-state index contributed by atoms with van der Waals surface area (Å²) in [5.41, 5.74) is 3.66. The monoisotopic (exact) mass is 496 g/mol. The molecule has 10 heteroatoms. The molecular formula is C27H24N6O4. The first-order chi connectivity index (χ1) is 18.1. The molecule has 0 aliphatic carbocycles. The van der Waals surface area contributed by atoms with E-state index in [2.05, 4.69) is 30.7 Å². The lowest BCUT2D eigenvalue weighted by Crippen LogP contribution is -2.36. The summed E-state index contributed by atoms with van der Waals surface area (Å²) in [5.74, 6) is -0.831. The van der Waals surface area contributed by atoms with Crippen molar-refractivity contribution in [1.82, 2.24) is 15.2 Å². The summed E-state index contributed by atoms with van der Waals surface area (Å²) in [7, 11) is 0. The molecule has 0 saturated carbocycles. The van der Waals surface area contributed by atoms with Gasteiger partial charge in [0.2, 0.25) is 5.82 Å². The molecule has 0 atom stereocenters. The second kappa shape index (κ2) is 10.8. The van der Waals surface area contributed by atoms with E-state index in [0.717, 1.165) is 18.8 Å². The first-order valence-corrected chi connectivity index (χ1v) is 11.7. The normalized spacial score (nSPS) is 13.1. The van der Waals surface area contributed by atoms with Crippen LogP contribution in [0.4, 0.5) is 17.1 Å². The fourth-order valence-corrected chi connectivity index (χ4v) is 3.93. The van der Waals surface area contributed by atoms with E-state index in [0.29, 0.717) is 41.3 Å². The van der Waals surface area contributed by atoms with Crippen molar-refractivity contribution in [1.29, 1.82) is 0 Å². The van der Waals surface area contributed by atoms with Crippen LogP contribution in [-0.4, -0.2) is 59.1 Å². The van der Waals surface area contributed by atoms with Crippen molar-refractivity contribution < 1.29 is 19.1 Å². The highest BCUT2D eigenvalue weighted by Crippen LogP contribution is 2.19. The van der Waals surface area contributed by atoms with Crippen molar-refractivity contribution in [2.75, 3.05) is 41.8 Å². The fraction of sp³-hybridized carbons (Fsp3) is 0.148. The number of amides is 2. The minimum Gasteiger partial charge on any atom is -0.378 e. The van der Waals surface area contributed by atoms with Gasteiger partial charge in [0, 0.05) is 46.8 Å². The molecule has 10 nitrogen and oxygen atoms in total. The van der Waals surface area contributed by atoms with E-state index in [9.17, 15) is 14.4 Å². The summed E-state index contributed by atoms with van der Waals surface area (Å²) >= 11 is 0. The van der Waals surface area contributed by atoms with E-state index in [4.69, 9.17) is 4.74 Å². The van der Waals surface area contributed by atoms with Crippen molar-refractivity contribution in [2.24, 2.45) is 0 Å². The Balaban J connectivity index is 1.18. The van der Waals surface area contributed by atoms with Gasteiger partial charge in [0.25, 0.3) is 11.8 Å². The maximum atomic E-state index is 12.9. The van der Waals surface area contributed by atoms with Gasteiger partial charge in [-0.25, -0.2) is 4.98 Å². The molecule has 0 radical (unpaired) electrons. The van der Waals surface area contributed by atoms with Crippen LogP contribution in [0.5, 0.6) is 0 Å². The number of nitrogens with one attached hydrogen (secondary N) is 3. The van der Waals surface area contributed by atoms with E-state index in [1.54, 1.807) is 60.7 Å². The molecule has 4 aromatic rings. The average Bonchev–Trinajstić information content (AvgIpc) is 3.50. The van der Waals surface area contributed by atoms with Crippen molar-refractivity contribution in [3.63, 3.8) is 0 Å². The first kappa shape index (κ1) is 23.9. The van der Waals surface area contributed by atoms with Gasteiger partial charge in [-0.2, -0.15) is 0 Å². The predicted molar refractivity (Wildman–Crippen MR) is 138 cm³/mol. The average molecular weight is 497 g/mol. The lowest BCUT2D eigenvalue weighted by molar-refractivity contribution is 0.101. The zero-order chi connectivity index (χ0) is 25.6. The van der Waals surface area contributed by atoms with E-state index in [1.165, 1.54) is 6.33 Å². The third-order valence-corrected chi connectivity index (χ3v) is 5.93. The smallest absolute Gasteiger partial charge is 0.295 e. The minimum absolute atomic E-state index is 0.0253. The fourth-order valence-electron chi connectivity index (χ4n) is 3.93. The van der Waals surface area contributed by atoms with E-state index in [-0.39, 0.29) is 17.5 Å². The lowest BCUT2D eigenvalue weighted by Gasteiger charge is -2.28. The number of carbonyl (C=O) groups is 3. The highest BCUT2D eigenvalue weighted by atomic mass is 16.5. The van der Waals surface area contributed by atoms with Crippen LogP contribution in [0.2, 0.25) is 0 Å². The molecule has 2 heterocycles. The van der Waals surface area contributed by atoms with Crippen LogP contribution in [0.15, 0.2) is 79.1 Å². The molecule has 1 saturated heterocycles. The molecule has 3 N–H and O–H groups in total. The zero-order valence-corrected chi connectivity index (χ0v) is 19.8. The molecule has 37 heavy (non-hydrogen) atoms. The van der Waals surface area contributed by atoms with E-state index < -0.39 is 5.91 Å². The van der Waals surface area contributed by atoms with Crippen molar-refractivity contribution in [3.05, 3.63) is 102 Å². The van der Waals surface area contributed by atoms with Gasteiger partial charge >= 0.3 is 0 Å². The van der Waals surface area contributed by atoms with E-state index >= 15 is 0 Å². The maximum Gasteiger partial charge on any atom is 0.295 e. The quantitative estimate of drug-likeness (QED) is 0.335. The van der Waals surface area contributed by atoms with E-state index in [1.807, 2.05) is 12.1 Å². The highest BCUT2D eigenvalue weighted by Gasteiger charge is 2.14. The van der Waals surface area contributed by atoms with Crippen LogP contribution < -0.4 is 15.5 Å².